The average molecular weight is 429 g/mol. The van der Waals surface area contributed by atoms with Gasteiger partial charge in [0.2, 0.25) is 0 Å². The maximum absolute atomic E-state index is 14.3. The summed E-state index contributed by atoms with van der Waals surface area (Å²) in [5.74, 6) is -3.01. The molecule has 3 aromatic carbocycles. The van der Waals surface area contributed by atoms with Crippen LogP contribution in [0.4, 0.5) is 18.9 Å². The Bertz CT molecular complexity index is 1370. The van der Waals surface area contributed by atoms with Crippen LogP contribution in [0.15, 0.2) is 71.7 Å². The second-order valence-electron chi connectivity index (χ2n) is 6.44. The third-order valence-corrected chi connectivity index (χ3v) is 4.81. The highest BCUT2D eigenvalue weighted by Gasteiger charge is 2.18. The van der Waals surface area contributed by atoms with E-state index >= 15 is 0 Å². The second-order valence-corrected chi connectivity index (χ2v) is 6.85. The summed E-state index contributed by atoms with van der Waals surface area (Å²) in [4.78, 5) is 25.8. The van der Waals surface area contributed by atoms with Gasteiger partial charge in [-0.3, -0.25) is 14.2 Å². The highest BCUT2D eigenvalue weighted by molar-refractivity contribution is 6.31. The van der Waals surface area contributed by atoms with Gasteiger partial charge in [0.05, 0.1) is 16.3 Å². The lowest BCUT2D eigenvalue weighted by Crippen LogP contribution is -2.23. The molecule has 0 saturated carbocycles. The lowest BCUT2D eigenvalue weighted by molar-refractivity contribution is 0.102. The molecule has 0 saturated heterocycles. The van der Waals surface area contributed by atoms with Crippen LogP contribution in [0, 0.1) is 17.5 Å². The van der Waals surface area contributed by atoms with Crippen LogP contribution in [-0.2, 0) is 0 Å². The predicted octanol–water partition coefficient (Wildman–Crippen LogP) is 5.31. The van der Waals surface area contributed by atoms with Crippen LogP contribution in [-0.4, -0.2) is 10.5 Å². The Morgan fingerprint density at radius 3 is 2.33 bits per heavy atom. The molecule has 150 valence electrons. The summed E-state index contributed by atoms with van der Waals surface area (Å²) in [6.07, 6.45) is 1.18. The predicted molar refractivity (Wildman–Crippen MR) is 109 cm³/mol. The van der Waals surface area contributed by atoms with Gasteiger partial charge in [-0.2, -0.15) is 0 Å². The number of halogens is 4. The zero-order valence-electron chi connectivity index (χ0n) is 15.1. The number of hydrogen-bond donors (Lipinski definition) is 1. The number of benzene rings is 3. The standard InChI is InChI=1S/C22H12ClF3N2O2/c23-17-10-13(6-7-18(17)25)27-21(29)16-11-28(20-8-5-12(24)9-19(20)26)22(30)15-4-2-1-3-14(15)16/h1-11H,(H,27,29). The Balaban J connectivity index is 1.88. The highest BCUT2D eigenvalue weighted by atomic mass is 35.5. The van der Waals surface area contributed by atoms with Gasteiger partial charge in [0.1, 0.15) is 17.5 Å². The minimum Gasteiger partial charge on any atom is -0.322 e. The van der Waals surface area contributed by atoms with Crippen LogP contribution >= 0.6 is 11.6 Å². The van der Waals surface area contributed by atoms with Gasteiger partial charge in [0.15, 0.2) is 0 Å². The molecule has 0 aliphatic heterocycles. The van der Waals surface area contributed by atoms with Gasteiger partial charge in [-0.05, 0) is 36.4 Å². The normalized spacial score (nSPS) is 10.9. The van der Waals surface area contributed by atoms with Gasteiger partial charge < -0.3 is 5.32 Å². The van der Waals surface area contributed by atoms with Crippen molar-refractivity contribution < 1.29 is 18.0 Å². The number of nitrogens with zero attached hydrogens (tertiary/aromatic N) is 1. The second kappa shape index (κ2) is 7.68. The molecule has 0 spiro atoms. The molecule has 0 unspecified atom stereocenters. The number of hydrogen-bond acceptors (Lipinski definition) is 2. The van der Waals surface area contributed by atoms with E-state index < -0.39 is 28.9 Å². The molecule has 0 atom stereocenters. The molecule has 4 aromatic rings. The molecule has 0 bridgehead atoms. The molecular formula is C22H12ClF3N2O2. The van der Waals surface area contributed by atoms with E-state index in [0.717, 1.165) is 22.8 Å². The van der Waals surface area contributed by atoms with Gasteiger partial charge in [0, 0.05) is 28.7 Å². The Morgan fingerprint density at radius 2 is 1.63 bits per heavy atom. The molecular weight excluding hydrogens is 417 g/mol. The van der Waals surface area contributed by atoms with E-state index in [1.807, 2.05) is 0 Å². The average Bonchev–Trinajstić information content (AvgIpc) is 2.72. The van der Waals surface area contributed by atoms with Gasteiger partial charge in [0.25, 0.3) is 11.5 Å². The first-order valence-electron chi connectivity index (χ1n) is 8.71. The van der Waals surface area contributed by atoms with Crippen LogP contribution in [0.25, 0.3) is 16.5 Å². The summed E-state index contributed by atoms with van der Waals surface area (Å²) in [6, 6.07) is 12.8. The third-order valence-electron chi connectivity index (χ3n) is 4.52. The summed E-state index contributed by atoms with van der Waals surface area (Å²) < 4.78 is 41.9. The van der Waals surface area contributed by atoms with E-state index in [4.69, 9.17) is 11.6 Å². The number of carbonyl (C=O) groups excluding carboxylic acids is 1. The van der Waals surface area contributed by atoms with Crippen LogP contribution in [0.2, 0.25) is 5.02 Å². The van der Waals surface area contributed by atoms with Gasteiger partial charge >= 0.3 is 0 Å². The Kier molecular flexibility index (Phi) is 5.05. The van der Waals surface area contributed by atoms with Crippen LogP contribution in [0.5, 0.6) is 0 Å². The molecule has 0 aliphatic rings. The molecule has 1 N–H and O–H groups in total. The maximum Gasteiger partial charge on any atom is 0.263 e. The first kappa shape index (κ1) is 19.7. The molecule has 4 rings (SSSR count). The van der Waals surface area contributed by atoms with Crippen molar-refractivity contribution in [3.8, 4) is 5.69 Å². The largest absolute Gasteiger partial charge is 0.322 e. The summed E-state index contributed by atoms with van der Waals surface area (Å²) in [7, 11) is 0. The SMILES string of the molecule is O=C(Nc1ccc(F)c(Cl)c1)c1cn(-c2ccc(F)cc2F)c(=O)c2ccccc12. The zero-order chi connectivity index (χ0) is 21.4. The third kappa shape index (κ3) is 3.55. The minimum atomic E-state index is -0.955. The quantitative estimate of drug-likeness (QED) is 0.480. The summed E-state index contributed by atoms with van der Waals surface area (Å²) in [5.41, 5.74) is -0.473. The van der Waals surface area contributed by atoms with Crippen molar-refractivity contribution in [2.45, 2.75) is 0 Å². The first-order chi connectivity index (χ1) is 14.3. The van der Waals surface area contributed by atoms with Crippen molar-refractivity contribution >= 4 is 34.0 Å². The van der Waals surface area contributed by atoms with Gasteiger partial charge in [-0.15, -0.1) is 0 Å². The van der Waals surface area contributed by atoms with Crippen molar-refractivity contribution in [3.05, 3.63) is 105 Å². The molecule has 1 amide bonds. The number of anilines is 1. The van der Waals surface area contributed by atoms with E-state index in [2.05, 4.69) is 5.32 Å². The van der Waals surface area contributed by atoms with Crippen molar-refractivity contribution in [1.82, 2.24) is 4.57 Å². The van der Waals surface area contributed by atoms with Crippen LogP contribution in [0.1, 0.15) is 10.4 Å². The van der Waals surface area contributed by atoms with E-state index in [-0.39, 0.29) is 27.3 Å². The Hall–Kier alpha value is -3.58. The van der Waals surface area contributed by atoms with E-state index in [1.54, 1.807) is 18.2 Å². The molecule has 8 heteroatoms. The molecule has 4 nitrogen and oxygen atoms in total. The number of aromatic nitrogens is 1. The van der Waals surface area contributed by atoms with Crippen LogP contribution < -0.4 is 10.9 Å². The summed E-state index contributed by atoms with van der Waals surface area (Å²) in [6.45, 7) is 0. The number of rotatable bonds is 3. The lowest BCUT2D eigenvalue weighted by atomic mass is 10.1. The number of carbonyl (C=O) groups is 1. The van der Waals surface area contributed by atoms with E-state index in [9.17, 15) is 22.8 Å². The smallest absolute Gasteiger partial charge is 0.263 e. The highest BCUT2D eigenvalue weighted by Crippen LogP contribution is 2.23. The molecule has 0 radical (unpaired) electrons. The molecule has 1 heterocycles. The number of pyridine rings is 1. The molecule has 0 aliphatic carbocycles. The number of nitrogens with one attached hydrogen (secondary N) is 1. The van der Waals surface area contributed by atoms with E-state index in [0.29, 0.717) is 11.5 Å². The Labute approximate surface area is 173 Å². The first-order valence-corrected chi connectivity index (χ1v) is 9.09. The minimum absolute atomic E-state index is 0.0642. The maximum atomic E-state index is 14.3. The van der Waals surface area contributed by atoms with Crippen molar-refractivity contribution in [2.75, 3.05) is 5.32 Å². The monoisotopic (exact) mass is 428 g/mol. The van der Waals surface area contributed by atoms with Crippen LogP contribution in [0.3, 0.4) is 0 Å². The van der Waals surface area contributed by atoms with Gasteiger partial charge in [-0.1, -0.05) is 29.8 Å². The fraction of sp³-hybridized carbons (Fsp3) is 0. The van der Waals surface area contributed by atoms with Crippen molar-refractivity contribution in [2.24, 2.45) is 0 Å². The molecule has 1 aromatic heterocycles. The molecule has 0 fully saturated rings. The fourth-order valence-electron chi connectivity index (χ4n) is 3.10. The number of amides is 1. The topological polar surface area (TPSA) is 51.1 Å². The number of fused-ring (bicyclic) bond motifs is 1. The van der Waals surface area contributed by atoms with Crippen molar-refractivity contribution in [3.63, 3.8) is 0 Å². The van der Waals surface area contributed by atoms with Gasteiger partial charge in [-0.25, -0.2) is 13.2 Å². The van der Waals surface area contributed by atoms with Crippen molar-refractivity contribution in [1.29, 1.82) is 0 Å². The molecule has 30 heavy (non-hydrogen) atoms. The fourth-order valence-corrected chi connectivity index (χ4v) is 3.28. The van der Waals surface area contributed by atoms with E-state index in [1.165, 1.54) is 24.4 Å². The lowest BCUT2D eigenvalue weighted by Gasteiger charge is -2.13. The summed E-state index contributed by atoms with van der Waals surface area (Å²) in [5, 5.41) is 2.92. The summed E-state index contributed by atoms with van der Waals surface area (Å²) >= 11 is 5.75. The zero-order valence-corrected chi connectivity index (χ0v) is 15.9. The Morgan fingerprint density at radius 1 is 0.900 bits per heavy atom.